The number of ether oxygens (including phenoxy) is 1. The number of methoxy groups -OCH3 is 1. The van der Waals surface area contributed by atoms with Gasteiger partial charge in [0.1, 0.15) is 0 Å². The van der Waals surface area contributed by atoms with Gasteiger partial charge in [-0.15, -0.1) is 0 Å². The van der Waals surface area contributed by atoms with Gasteiger partial charge in [-0.3, -0.25) is 4.79 Å². The van der Waals surface area contributed by atoms with Crippen LogP contribution in [-0.2, 0) is 24.3 Å². The van der Waals surface area contributed by atoms with Gasteiger partial charge in [0.15, 0.2) is 5.11 Å². The van der Waals surface area contributed by atoms with Gasteiger partial charge in [0.2, 0.25) is 11.8 Å². The Kier molecular flexibility index (Phi) is 12.2. The van der Waals surface area contributed by atoms with Crippen molar-refractivity contribution >= 4 is 52.1 Å². The number of benzene rings is 2. The number of hydrogen-bond acceptors (Lipinski definition) is 6. The Morgan fingerprint density at radius 3 is 2.60 bits per heavy atom. The van der Waals surface area contributed by atoms with E-state index in [1.54, 1.807) is 50.1 Å². The van der Waals surface area contributed by atoms with E-state index in [1.165, 1.54) is 0 Å². The van der Waals surface area contributed by atoms with Crippen LogP contribution in [0.3, 0.4) is 0 Å². The molecule has 0 saturated carbocycles. The molecule has 45 heavy (non-hydrogen) atoms. The van der Waals surface area contributed by atoms with Crippen molar-refractivity contribution in [2.24, 2.45) is 5.92 Å². The van der Waals surface area contributed by atoms with Gasteiger partial charge in [0, 0.05) is 43.6 Å². The van der Waals surface area contributed by atoms with E-state index in [2.05, 4.69) is 40.5 Å². The van der Waals surface area contributed by atoms with Crippen LogP contribution in [0.5, 0.6) is 5.88 Å². The predicted molar refractivity (Wildman–Crippen MR) is 181 cm³/mol. The lowest BCUT2D eigenvalue weighted by Gasteiger charge is -2.33. The number of nitriles is 1. The summed E-state index contributed by atoms with van der Waals surface area (Å²) < 4.78 is 7.11. The minimum atomic E-state index is -0.232. The zero-order chi connectivity index (χ0) is 32.3. The summed E-state index contributed by atoms with van der Waals surface area (Å²) in [6, 6.07) is 18.3. The number of amides is 1. The molecule has 0 aliphatic carbocycles. The molecule has 4 rings (SSSR count). The maximum Gasteiger partial charge on any atom is 0.226 e. The SMILES string of the molecule is CC[C@H](C)[C@@H](CN(Cc1cccc(Cl)c1Cl)C(=S)Nc1ccc(OC)nc1)NC(=O)Cc1cncn1Cc1ccc(C#N)cc1. The highest BCUT2D eigenvalue weighted by Crippen LogP contribution is 2.27. The minimum Gasteiger partial charge on any atom is -0.481 e. The molecule has 2 atom stereocenters. The fraction of sp³-hybridized carbons (Fsp3) is 0.303. The number of carbonyl (C=O) groups excluding carboxylic acids is 1. The van der Waals surface area contributed by atoms with Crippen molar-refractivity contribution in [2.45, 2.75) is 45.8 Å². The first-order chi connectivity index (χ1) is 21.7. The molecule has 2 aromatic carbocycles. The third kappa shape index (κ3) is 9.41. The van der Waals surface area contributed by atoms with Gasteiger partial charge in [0.25, 0.3) is 0 Å². The number of anilines is 1. The van der Waals surface area contributed by atoms with E-state index in [0.29, 0.717) is 51.9 Å². The molecule has 0 aliphatic rings. The molecule has 1 amide bonds. The van der Waals surface area contributed by atoms with Crippen LogP contribution < -0.4 is 15.4 Å². The summed E-state index contributed by atoms with van der Waals surface area (Å²) in [6.07, 6.45) is 6.06. The molecule has 9 nitrogen and oxygen atoms in total. The molecule has 0 bridgehead atoms. The zero-order valence-electron chi connectivity index (χ0n) is 25.3. The van der Waals surface area contributed by atoms with Crippen LogP contribution in [0.2, 0.25) is 10.0 Å². The monoisotopic (exact) mass is 663 g/mol. The zero-order valence-corrected chi connectivity index (χ0v) is 27.7. The summed E-state index contributed by atoms with van der Waals surface area (Å²) in [5.74, 6) is 0.507. The van der Waals surface area contributed by atoms with Crippen LogP contribution in [0.1, 0.15) is 42.7 Å². The first-order valence-electron chi connectivity index (χ1n) is 14.5. The van der Waals surface area contributed by atoms with E-state index in [4.69, 9.17) is 45.4 Å². The summed E-state index contributed by atoms with van der Waals surface area (Å²) in [7, 11) is 1.56. The molecule has 234 valence electrons. The molecule has 2 N–H and O–H groups in total. The molecule has 2 heterocycles. The molecule has 2 aromatic heterocycles. The Morgan fingerprint density at radius 2 is 1.93 bits per heavy atom. The fourth-order valence-corrected chi connectivity index (χ4v) is 5.34. The van der Waals surface area contributed by atoms with Crippen molar-refractivity contribution in [2.75, 3.05) is 19.0 Å². The van der Waals surface area contributed by atoms with Crippen molar-refractivity contribution in [3.8, 4) is 11.9 Å². The van der Waals surface area contributed by atoms with E-state index < -0.39 is 0 Å². The Hall–Kier alpha value is -4.17. The standard InChI is InChI=1S/C33H35Cl2N7O2S/c1-4-22(2)29(40-30(43)14-27-17-37-21-42(27)18-24-10-8-23(15-36)9-11-24)20-41(19-25-6-5-7-28(34)32(25)35)33(45)39-26-12-13-31(44-3)38-16-26/h5-13,16-17,21-22,29H,4,14,18-20H2,1-3H3,(H,39,45)(H,40,43)/t22-,29+/m0/s1. The number of nitrogens with one attached hydrogen (secondary N) is 2. The fourth-order valence-electron chi connectivity index (χ4n) is 4.70. The van der Waals surface area contributed by atoms with Gasteiger partial charge < -0.3 is 24.8 Å². The predicted octanol–water partition coefficient (Wildman–Crippen LogP) is 6.49. The number of aromatic nitrogens is 3. The molecule has 0 saturated heterocycles. The lowest BCUT2D eigenvalue weighted by atomic mass is 9.98. The largest absolute Gasteiger partial charge is 0.481 e. The van der Waals surface area contributed by atoms with Crippen LogP contribution >= 0.6 is 35.4 Å². The summed E-state index contributed by atoms with van der Waals surface area (Å²) in [5.41, 5.74) is 3.90. The molecule has 0 unspecified atom stereocenters. The summed E-state index contributed by atoms with van der Waals surface area (Å²) in [6.45, 7) is 5.53. The number of imidazole rings is 1. The van der Waals surface area contributed by atoms with Crippen molar-refractivity contribution < 1.29 is 9.53 Å². The van der Waals surface area contributed by atoms with Crippen molar-refractivity contribution in [3.63, 3.8) is 0 Å². The second-order valence-electron chi connectivity index (χ2n) is 10.7. The number of carbonyl (C=O) groups is 1. The van der Waals surface area contributed by atoms with Crippen LogP contribution in [0.15, 0.2) is 73.3 Å². The minimum absolute atomic E-state index is 0.124. The number of rotatable bonds is 13. The lowest BCUT2D eigenvalue weighted by molar-refractivity contribution is -0.121. The van der Waals surface area contributed by atoms with E-state index in [0.717, 1.165) is 23.2 Å². The van der Waals surface area contributed by atoms with Crippen LogP contribution in [0.25, 0.3) is 0 Å². The van der Waals surface area contributed by atoms with E-state index in [-0.39, 0.29) is 24.3 Å². The highest BCUT2D eigenvalue weighted by atomic mass is 35.5. The van der Waals surface area contributed by atoms with E-state index in [9.17, 15) is 4.79 Å². The average Bonchev–Trinajstić information content (AvgIpc) is 3.48. The molecule has 0 spiro atoms. The second-order valence-corrected chi connectivity index (χ2v) is 11.8. The third-order valence-electron chi connectivity index (χ3n) is 7.55. The van der Waals surface area contributed by atoms with E-state index in [1.807, 2.05) is 39.8 Å². The first kappa shape index (κ1) is 33.7. The van der Waals surface area contributed by atoms with Gasteiger partial charge in [0.05, 0.1) is 53.4 Å². The first-order valence-corrected chi connectivity index (χ1v) is 15.6. The van der Waals surface area contributed by atoms with Crippen LogP contribution in [0.4, 0.5) is 5.69 Å². The normalized spacial score (nSPS) is 12.1. The molecule has 12 heteroatoms. The van der Waals surface area contributed by atoms with Gasteiger partial charge in [-0.05, 0) is 53.5 Å². The van der Waals surface area contributed by atoms with Gasteiger partial charge >= 0.3 is 0 Å². The smallest absolute Gasteiger partial charge is 0.226 e. The Morgan fingerprint density at radius 1 is 1.16 bits per heavy atom. The lowest BCUT2D eigenvalue weighted by Crippen LogP contribution is -2.50. The number of pyridine rings is 1. The Balaban J connectivity index is 1.51. The Bertz CT molecular complexity index is 1640. The summed E-state index contributed by atoms with van der Waals surface area (Å²) in [4.78, 5) is 24.0. The third-order valence-corrected chi connectivity index (χ3v) is 8.77. The summed E-state index contributed by atoms with van der Waals surface area (Å²) in [5, 5.41) is 17.0. The van der Waals surface area contributed by atoms with Crippen molar-refractivity contribution in [1.29, 1.82) is 5.26 Å². The van der Waals surface area contributed by atoms with Gasteiger partial charge in [-0.25, -0.2) is 9.97 Å². The number of halogens is 2. The molecule has 0 aliphatic heterocycles. The highest BCUT2D eigenvalue weighted by molar-refractivity contribution is 7.80. The molecular weight excluding hydrogens is 629 g/mol. The van der Waals surface area contributed by atoms with Crippen LogP contribution in [-0.4, -0.2) is 50.2 Å². The molecule has 0 fully saturated rings. The quantitative estimate of drug-likeness (QED) is 0.156. The second kappa shape index (κ2) is 16.2. The number of nitrogens with zero attached hydrogens (tertiary/aromatic N) is 5. The van der Waals surface area contributed by atoms with Crippen LogP contribution in [0, 0.1) is 17.2 Å². The maximum atomic E-state index is 13.5. The van der Waals surface area contributed by atoms with Gasteiger partial charge in [-0.2, -0.15) is 5.26 Å². The average molecular weight is 665 g/mol. The Labute approximate surface area is 279 Å². The van der Waals surface area contributed by atoms with Crippen molar-refractivity contribution in [3.05, 3.63) is 106 Å². The number of thiocarbonyl (C=S) groups is 1. The van der Waals surface area contributed by atoms with Crippen molar-refractivity contribution in [1.82, 2.24) is 24.8 Å². The highest BCUT2D eigenvalue weighted by Gasteiger charge is 2.25. The topological polar surface area (TPSA) is 108 Å². The maximum absolute atomic E-state index is 13.5. The molecular formula is C33H35Cl2N7O2S. The van der Waals surface area contributed by atoms with E-state index >= 15 is 0 Å². The molecule has 0 radical (unpaired) electrons. The number of hydrogen-bond donors (Lipinski definition) is 2. The molecule has 4 aromatic rings. The summed E-state index contributed by atoms with van der Waals surface area (Å²) >= 11 is 18.8. The van der Waals surface area contributed by atoms with Gasteiger partial charge in [-0.1, -0.05) is 67.7 Å².